The van der Waals surface area contributed by atoms with Gasteiger partial charge in [-0.2, -0.15) is 17.4 Å². The third-order valence-electron chi connectivity index (χ3n) is 3.08. The van der Waals surface area contributed by atoms with Gasteiger partial charge in [-0.3, -0.25) is 0 Å². The summed E-state index contributed by atoms with van der Waals surface area (Å²) < 4.78 is 43.4. The molecular weight excluding hydrogens is 295 g/mol. The molecule has 2 aromatic rings. The fourth-order valence-corrected chi connectivity index (χ4v) is 2.62. The van der Waals surface area contributed by atoms with E-state index in [0.717, 1.165) is 4.31 Å². The SMILES string of the molecule is CN(C)S(=O)(=O)NC(c1ccccc1F)c1nccn1C. The van der Waals surface area contributed by atoms with Crippen molar-refractivity contribution in [3.63, 3.8) is 0 Å². The molecule has 0 radical (unpaired) electrons. The molecule has 114 valence electrons. The molecule has 1 atom stereocenters. The molecular formula is C13H17FN4O2S. The molecule has 0 aliphatic heterocycles. The van der Waals surface area contributed by atoms with Gasteiger partial charge in [0.25, 0.3) is 10.2 Å². The van der Waals surface area contributed by atoms with Gasteiger partial charge < -0.3 is 4.57 Å². The Hall–Kier alpha value is -1.77. The van der Waals surface area contributed by atoms with Crippen LogP contribution in [0.1, 0.15) is 17.4 Å². The summed E-state index contributed by atoms with van der Waals surface area (Å²) in [5.41, 5.74) is 0.220. The summed E-state index contributed by atoms with van der Waals surface area (Å²) in [6.45, 7) is 0. The van der Waals surface area contributed by atoms with Gasteiger partial charge in [-0.05, 0) is 6.07 Å². The van der Waals surface area contributed by atoms with Crippen LogP contribution in [0.25, 0.3) is 0 Å². The molecule has 6 nitrogen and oxygen atoms in total. The minimum absolute atomic E-state index is 0.220. The van der Waals surface area contributed by atoms with Crippen molar-refractivity contribution in [3.05, 3.63) is 53.9 Å². The average molecular weight is 312 g/mol. The van der Waals surface area contributed by atoms with Crippen LogP contribution < -0.4 is 4.72 Å². The molecule has 1 heterocycles. The molecule has 1 unspecified atom stereocenters. The van der Waals surface area contributed by atoms with Crippen molar-refractivity contribution < 1.29 is 12.8 Å². The number of imidazole rings is 1. The van der Waals surface area contributed by atoms with Gasteiger partial charge in [-0.1, -0.05) is 18.2 Å². The van der Waals surface area contributed by atoms with Crippen LogP contribution in [-0.2, 0) is 17.3 Å². The molecule has 0 aliphatic carbocycles. The van der Waals surface area contributed by atoms with E-state index in [0.29, 0.717) is 5.82 Å². The highest BCUT2D eigenvalue weighted by atomic mass is 32.2. The summed E-state index contributed by atoms with van der Waals surface area (Å²) in [4.78, 5) is 4.13. The lowest BCUT2D eigenvalue weighted by Gasteiger charge is -2.21. The third-order valence-corrected chi connectivity index (χ3v) is 4.58. The molecule has 21 heavy (non-hydrogen) atoms. The highest BCUT2D eigenvalue weighted by Crippen LogP contribution is 2.24. The van der Waals surface area contributed by atoms with Gasteiger partial charge in [0.2, 0.25) is 0 Å². The molecule has 0 aliphatic rings. The van der Waals surface area contributed by atoms with E-state index in [1.165, 1.54) is 32.4 Å². The van der Waals surface area contributed by atoms with Crippen LogP contribution in [0, 0.1) is 5.82 Å². The molecule has 2 rings (SSSR count). The van der Waals surface area contributed by atoms with Gasteiger partial charge >= 0.3 is 0 Å². The monoisotopic (exact) mass is 312 g/mol. The van der Waals surface area contributed by atoms with E-state index in [2.05, 4.69) is 9.71 Å². The van der Waals surface area contributed by atoms with Crippen molar-refractivity contribution >= 4 is 10.2 Å². The Balaban J connectivity index is 2.52. The van der Waals surface area contributed by atoms with Crippen molar-refractivity contribution in [2.75, 3.05) is 14.1 Å². The Bertz CT molecular complexity index is 727. The van der Waals surface area contributed by atoms with Crippen molar-refractivity contribution in [1.29, 1.82) is 0 Å². The topological polar surface area (TPSA) is 67.2 Å². The van der Waals surface area contributed by atoms with E-state index >= 15 is 0 Å². The zero-order valence-corrected chi connectivity index (χ0v) is 12.8. The maximum absolute atomic E-state index is 14.1. The van der Waals surface area contributed by atoms with Gasteiger partial charge in [-0.25, -0.2) is 9.37 Å². The summed E-state index contributed by atoms with van der Waals surface area (Å²) >= 11 is 0. The molecule has 0 spiro atoms. The number of aromatic nitrogens is 2. The smallest absolute Gasteiger partial charge is 0.279 e. The Morgan fingerprint density at radius 3 is 2.52 bits per heavy atom. The first-order valence-electron chi connectivity index (χ1n) is 6.24. The van der Waals surface area contributed by atoms with Crippen LogP contribution >= 0.6 is 0 Å². The zero-order chi connectivity index (χ0) is 15.6. The van der Waals surface area contributed by atoms with Crippen LogP contribution in [0.5, 0.6) is 0 Å². The van der Waals surface area contributed by atoms with Crippen LogP contribution in [-0.4, -0.2) is 36.4 Å². The number of hydrogen-bond acceptors (Lipinski definition) is 3. The van der Waals surface area contributed by atoms with Gasteiger partial charge in [0, 0.05) is 39.1 Å². The Labute approximate surface area is 123 Å². The quantitative estimate of drug-likeness (QED) is 0.897. The normalized spacial score (nSPS) is 13.6. The van der Waals surface area contributed by atoms with Crippen molar-refractivity contribution in [3.8, 4) is 0 Å². The standard InChI is InChI=1S/C13H17FN4O2S/c1-17(2)21(19,20)16-12(13-15-8-9-18(13)3)10-6-4-5-7-11(10)14/h4-9,12,16H,1-3H3. The van der Waals surface area contributed by atoms with E-state index in [1.807, 2.05) is 0 Å². The maximum atomic E-state index is 14.1. The van der Waals surface area contributed by atoms with Crippen molar-refractivity contribution in [2.24, 2.45) is 7.05 Å². The van der Waals surface area contributed by atoms with Gasteiger partial charge in [0.15, 0.2) is 0 Å². The number of hydrogen-bond donors (Lipinski definition) is 1. The lowest BCUT2D eigenvalue weighted by Crippen LogP contribution is -2.39. The molecule has 0 amide bonds. The predicted octanol–water partition coefficient (Wildman–Crippen LogP) is 1.04. The van der Waals surface area contributed by atoms with Crippen LogP contribution in [0.4, 0.5) is 4.39 Å². The first-order valence-corrected chi connectivity index (χ1v) is 7.68. The van der Waals surface area contributed by atoms with E-state index in [4.69, 9.17) is 0 Å². The number of aryl methyl sites for hydroxylation is 1. The van der Waals surface area contributed by atoms with Crippen LogP contribution in [0.15, 0.2) is 36.7 Å². The Morgan fingerprint density at radius 2 is 2.00 bits per heavy atom. The second kappa shape index (κ2) is 5.92. The van der Waals surface area contributed by atoms with E-state index in [1.54, 1.807) is 29.9 Å². The Morgan fingerprint density at radius 1 is 1.33 bits per heavy atom. The number of benzene rings is 1. The predicted molar refractivity (Wildman–Crippen MR) is 77.2 cm³/mol. The number of nitrogens with zero attached hydrogens (tertiary/aromatic N) is 3. The summed E-state index contributed by atoms with van der Waals surface area (Å²) in [5.74, 6) is -0.0857. The number of halogens is 1. The van der Waals surface area contributed by atoms with E-state index in [9.17, 15) is 12.8 Å². The summed E-state index contributed by atoms with van der Waals surface area (Å²) in [7, 11) is 0.784. The highest BCUT2D eigenvalue weighted by molar-refractivity contribution is 7.87. The number of nitrogens with one attached hydrogen (secondary N) is 1. The van der Waals surface area contributed by atoms with Gasteiger partial charge in [0.1, 0.15) is 17.7 Å². The summed E-state index contributed by atoms with van der Waals surface area (Å²) in [5, 5.41) is 0. The minimum Gasteiger partial charge on any atom is -0.336 e. The molecule has 1 aromatic heterocycles. The van der Waals surface area contributed by atoms with Crippen LogP contribution in [0.2, 0.25) is 0 Å². The first kappa shape index (κ1) is 15.6. The second-order valence-electron chi connectivity index (χ2n) is 4.76. The van der Waals surface area contributed by atoms with Gasteiger partial charge in [-0.15, -0.1) is 0 Å². The number of rotatable bonds is 5. The van der Waals surface area contributed by atoms with E-state index in [-0.39, 0.29) is 5.56 Å². The average Bonchev–Trinajstić information content (AvgIpc) is 2.83. The van der Waals surface area contributed by atoms with Crippen molar-refractivity contribution in [1.82, 2.24) is 18.6 Å². The lowest BCUT2D eigenvalue weighted by atomic mass is 10.1. The second-order valence-corrected chi connectivity index (χ2v) is 6.67. The molecule has 1 N–H and O–H groups in total. The molecule has 0 saturated carbocycles. The fourth-order valence-electron chi connectivity index (χ4n) is 1.87. The summed E-state index contributed by atoms with van der Waals surface area (Å²) in [6, 6.07) is 5.12. The molecule has 0 fully saturated rings. The minimum atomic E-state index is -3.74. The zero-order valence-electron chi connectivity index (χ0n) is 12.0. The largest absolute Gasteiger partial charge is 0.336 e. The third kappa shape index (κ3) is 3.29. The van der Waals surface area contributed by atoms with Gasteiger partial charge in [0.05, 0.1) is 0 Å². The molecule has 8 heteroatoms. The Kier molecular flexibility index (Phi) is 4.40. The van der Waals surface area contributed by atoms with E-state index < -0.39 is 22.1 Å². The first-order chi connectivity index (χ1) is 9.83. The fraction of sp³-hybridized carbons (Fsp3) is 0.308. The molecule has 1 aromatic carbocycles. The van der Waals surface area contributed by atoms with Crippen molar-refractivity contribution in [2.45, 2.75) is 6.04 Å². The highest BCUT2D eigenvalue weighted by Gasteiger charge is 2.27. The molecule has 0 saturated heterocycles. The lowest BCUT2D eigenvalue weighted by molar-refractivity contribution is 0.488. The van der Waals surface area contributed by atoms with Crippen LogP contribution in [0.3, 0.4) is 0 Å². The summed E-state index contributed by atoms with van der Waals surface area (Å²) in [6.07, 6.45) is 3.21. The molecule has 0 bridgehead atoms. The maximum Gasteiger partial charge on any atom is 0.279 e.